The number of hydrogen-bond donors (Lipinski definition) is 2. The summed E-state index contributed by atoms with van der Waals surface area (Å²) in [6, 6.07) is 9.20. The molecule has 3 heteroatoms. The second-order valence-electron chi connectivity index (χ2n) is 6.20. The van der Waals surface area contributed by atoms with Crippen molar-refractivity contribution in [2.75, 3.05) is 0 Å². The summed E-state index contributed by atoms with van der Waals surface area (Å²) in [7, 11) is 0. The lowest BCUT2D eigenvalue weighted by atomic mass is 9.79. The monoisotopic (exact) mass is 275 g/mol. The summed E-state index contributed by atoms with van der Waals surface area (Å²) in [5, 5.41) is 12.8. The van der Waals surface area contributed by atoms with Crippen LogP contribution in [0.1, 0.15) is 51.1 Å². The van der Waals surface area contributed by atoms with Gasteiger partial charge in [0, 0.05) is 6.04 Å². The zero-order valence-corrected chi connectivity index (χ0v) is 12.4. The van der Waals surface area contributed by atoms with E-state index in [0.29, 0.717) is 6.04 Å². The lowest BCUT2D eigenvalue weighted by Gasteiger charge is -2.33. The number of carboxylic acid groups (broad SMARTS) is 1. The average molecular weight is 275 g/mol. The van der Waals surface area contributed by atoms with Crippen LogP contribution in [0.2, 0.25) is 0 Å². The first kappa shape index (κ1) is 15.0. The third-order valence-electron chi connectivity index (χ3n) is 4.50. The van der Waals surface area contributed by atoms with Gasteiger partial charge in [-0.1, -0.05) is 44.2 Å². The van der Waals surface area contributed by atoms with Gasteiger partial charge in [0.15, 0.2) is 0 Å². The molecule has 1 aliphatic rings. The SMILES string of the molecule is CC(C)C1CCC(NC(C(=O)O)c2ccccc2)CC1. The van der Waals surface area contributed by atoms with Crippen LogP contribution in [-0.4, -0.2) is 17.1 Å². The molecule has 0 aromatic heterocycles. The Hall–Kier alpha value is -1.35. The lowest BCUT2D eigenvalue weighted by molar-refractivity contribution is -0.140. The molecule has 1 atom stereocenters. The molecule has 2 rings (SSSR count). The number of carbonyl (C=O) groups is 1. The predicted molar refractivity (Wildman–Crippen MR) is 80.5 cm³/mol. The first-order valence-electron chi connectivity index (χ1n) is 7.61. The standard InChI is InChI=1S/C17H25NO2/c1-12(2)13-8-10-15(11-9-13)18-16(17(19)20)14-6-4-3-5-7-14/h3-7,12-13,15-16,18H,8-11H2,1-2H3,(H,19,20). The van der Waals surface area contributed by atoms with Crippen molar-refractivity contribution >= 4 is 5.97 Å². The Morgan fingerprint density at radius 3 is 2.25 bits per heavy atom. The first-order valence-corrected chi connectivity index (χ1v) is 7.61. The van der Waals surface area contributed by atoms with Gasteiger partial charge in [-0.2, -0.15) is 0 Å². The Bertz CT molecular complexity index is 422. The highest BCUT2D eigenvalue weighted by molar-refractivity contribution is 5.75. The first-order chi connectivity index (χ1) is 9.58. The van der Waals surface area contributed by atoms with E-state index in [1.165, 1.54) is 12.8 Å². The molecule has 0 radical (unpaired) electrons. The molecule has 1 unspecified atom stereocenters. The number of hydrogen-bond acceptors (Lipinski definition) is 2. The molecule has 0 bridgehead atoms. The van der Waals surface area contributed by atoms with Gasteiger partial charge in [0.1, 0.15) is 6.04 Å². The van der Waals surface area contributed by atoms with Crippen LogP contribution in [0.5, 0.6) is 0 Å². The molecule has 1 fully saturated rings. The minimum Gasteiger partial charge on any atom is -0.480 e. The lowest BCUT2D eigenvalue weighted by Crippen LogP contribution is -2.39. The van der Waals surface area contributed by atoms with Crippen molar-refractivity contribution in [3.8, 4) is 0 Å². The van der Waals surface area contributed by atoms with E-state index in [-0.39, 0.29) is 0 Å². The van der Waals surface area contributed by atoms with Crippen LogP contribution in [-0.2, 0) is 4.79 Å². The summed E-state index contributed by atoms with van der Waals surface area (Å²) in [4.78, 5) is 11.5. The topological polar surface area (TPSA) is 49.3 Å². The van der Waals surface area contributed by atoms with E-state index in [9.17, 15) is 9.90 Å². The highest BCUT2D eigenvalue weighted by Crippen LogP contribution is 2.31. The number of rotatable bonds is 5. The van der Waals surface area contributed by atoms with Crippen LogP contribution >= 0.6 is 0 Å². The molecule has 1 saturated carbocycles. The minimum absolute atomic E-state index is 0.325. The van der Waals surface area contributed by atoms with Crippen molar-refractivity contribution in [2.45, 2.75) is 51.6 Å². The van der Waals surface area contributed by atoms with Crippen molar-refractivity contribution in [1.82, 2.24) is 5.32 Å². The van der Waals surface area contributed by atoms with Crippen molar-refractivity contribution in [2.24, 2.45) is 11.8 Å². The van der Waals surface area contributed by atoms with Crippen molar-refractivity contribution in [1.29, 1.82) is 0 Å². The summed E-state index contributed by atoms with van der Waals surface area (Å²) < 4.78 is 0. The molecular formula is C17H25NO2. The fourth-order valence-electron chi connectivity index (χ4n) is 3.14. The summed E-state index contributed by atoms with van der Waals surface area (Å²) >= 11 is 0. The predicted octanol–water partition coefficient (Wildman–Crippen LogP) is 3.62. The maximum Gasteiger partial charge on any atom is 0.325 e. The third kappa shape index (κ3) is 3.83. The number of nitrogens with one attached hydrogen (secondary N) is 1. The second-order valence-corrected chi connectivity index (χ2v) is 6.20. The van der Waals surface area contributed by atoms with Gasteiger partial charge in [-0.3, -0.25) is 10.1 Å². The largest absolute Gasteiger partial charge is 0.480 e. The van der Waals surface area contributed by atoms with Crippen molar-refractivity contribution < 1.29 is 9.90 Å². The van der Waals surface area contributed by atoms with Gasteiger partial charge in [0.25, 0.3) is 0 Å². The normalized spacial score (nSPS) is 24.6. The average Bonchev–Trinajstić information content (AvgIpc) is 2.46. The second kappa shape index (κ2) is 6.89. The highest BCUT2D eigenvalue weighted by atomic mass is 16.4. The van der Waals surface area contributed by atoms with Gasteiger partial charge >= 0.3 is 5.97 Å². The zero-order chi connectivity index (χ0) is 14.5. The van der Waals surface area contributed by atoms with E-state index in [2.05, 4.69) is 19.2 Å². The zero-order valence-electron chi connectivity index (χ0n) is 12.4. The van der Waals surface area contributed by atoms with Gasteiger partial charge < -0.3 is 5.11 Å². The molecule has 20 heavy (non-hydrogen) atoms. The fourth-order valence-corrected chi connectivity index (χ4v) is 3.14. The molecule has 1 aromatic rings. The quantitative estimate of drug-likeness (QED) is 0.863. The molecule has 3 nitrogen and oxygen atoms in total. The van der Waals surface area contributed by atoms with E-state index in [0.717, 1.165) is 30.2 Å². The molecule has 0 spiro atoms. The molecule has 2 N–H and O–H groups in total. The van der Waals surface area contributed by atoms with E-state index in [1.54, 1.807) is 0 Å². The summed E-state index contributed by atoms with van der Waals surface area (Å²) in [5.74, 6) is 0.746. The maximum absolute atomic E-state index is 11.5. The maximum atomic E-state index is 11.5. The van der Waals surface area contributed by atoms with Gasteiger partial charge in [-0.25, -0.2) is 0 Å². The van der Waals surface area contributed by atoms with E-state index < -0.39 is 12.0 Å². The Balaban J connectivity index is 1.95. The smallest absolute Gasteiger partial charge is 0.325 e. The van der Waals surface area contributed by atoms with Crippen LogP contribution in [0.25, 0.3) is 0 Å². The highest BCUT2D eigenvalue weighted by Gasteiger charge is 2.27. The third-order valence-corrected chi connectivity index (χ3v) is 4.50. The number of aliphatic carboxylic acids is 1. The minimum atomic E-state index is -0.790. The van der Waals surface area contributed by atoms with Gasteiger partial charge in [-0.05, 0) is 43.1 Å². The van der Waals surface area contributed by atoms with Crippen molar-refractivity contribution in [3.05, 3.63) is 35.9 Å². The van der Waals surface area contributed by atoms with E-state index in [4.69, 9.17) is 0 Å². The summed E-state index contributed by atoms with van der Waals surface area (Å²) in [6.07, 6.45) is 4.58. The number of carboxylic acids is 1. The Morgan fingerprint density at radius 2 is 1.75 bits per heavy atom. The Labute approximate surface area is 121 Å². The Morgan fingerprint density at radius 1 is 1.15 bits per heavy atom. The summed E-state index contributed by atoms with van der Waals surface area (Å²) in [6.45, 7) is 4.56. The molecule has 110 valence electrons. The van der Waals surface area contributed by atoms with Gasteiger partial charge in [0.05, 0.1) is 0 Å². The number of benzene rings is 1. The van der Waals surface area contributed by atoms with Crippen molar-refractivity contribution in [3.63, 3.8) is 0 Å². The van der Waals surface area contributed by atoms with E-state index >= 15 is 0 Å². The van der Waals surface area contributed by atoms with Crippen LogP contribution < -0.4 is 5.32 Å². The molecule has 0 amide bonds. The van der Waals surface area contributed by atoms with Gasteiger partial charge in [0.2, 0.25) is 0 Å². The van der Waals surface area contributed by atoms with Crippen LogP contribution in [0.15, 0.2) is 30.3 Å². The van der Waals surface area contributed by atoms with E-state index in [1.807, 2.05) is 30.3 Å². The molecular weight excluding hydrogens is 250 g/mol. The Kier molecular flexibility index (Phi) is 5.18. The van der Waals surface area contributed by atoms with Crippen LogP contribution in [0.3, 0.4) is 0 Å². The molecule has 0 saturated heterocycles. The summed E-state index contributed by atoms with van der Waals surface area (Å²) in [5.41, 5.74) is 0.839. The van der Waals surface area contributed by atoms with Gasteiger partial charge in [-0.15, -0.1) is 0 Å². The molecule has 1 aromatic carbocycles. The van der Waals surface area contributed by atoms with Crippen LogP contribution in [0, 0.1) is 11.8 Å². The fraction of sp³-hybridized carbons (Fsp3) is 0.588. The molecule has 0 aliphatic heterocycles. The molecule has 0 heterocycles. The molecule has 1 aliphatic carbocycles. The van der Waals surface area contributed by atoms with Crippen LogP contribution in [0.4, 0.5) is 0 Å².